The van der Waals surface area contributed by atoms with Gasteiger partial charge in [0, 0.05) is 12.6 Å². The minimum Gasteiger partial charge on any atom is -0.465 e. The minimum absolute atomic E-state index is 0. The second-order valence-electron chi connectivity index (χ2n) is 3.71. The maximum atomic E-state index is 12.7. The molecule has 4 nitrogen and oxygen atoms in total. The van der Waals surface area contributed by atoms with Gasteiger partial charge >= 0.3 is 12.3 Å². The summed E-state index contributed by atoms with van der Waals surface area (Å²) in [4.78, 5) is 10.2. The van der Waals surface area contributed by atoms with E-state index in [4.69, 9.17) is 10.8 Å². The average molecular weight is 299 g/mol. The number of halogens is 4. The molecule has 19 heavy (non-hydrogen) atoms. The molecule has 0 radical (unpaired) electrons. The lowest BCUT2D eigenvalue weighted by atomic mass is 9.98. The van der Waals surface area contributed by atoms with Gasteiger partial charge in [-0.2, -0.15) is 13.2 Å². The minimum atomic E-state index is -4.46. The topological polar surface area (TPSA) is 75.3 Å². The van der Waals surface area contributed by atoms with Crippen LogP contribution >= 0.6 is 12.4 Å². The van der Waals surface area contributed by atoms with Crippen molar-refractivity contribution < 1.29 is 23.1 Å². The van der Waals surface area contributed by atoms with Crippen molar-refractivity contribution in [1.82, 2.24) is 5.32 Å². The Morgan fingerprint density at radius 2 is 1.95 bits per heavy atom. The number of hydrogen-bond donors (Lipinski definition) is 3. The number of nitrogens with two attached hydrogens (primary N) is 1. The second-order valence-corrected chi connectivity index (χ2v) is 3.71. The van der Waals surface area contributed by atoms with Gasteiger partial charge in [0.2, 0.25) is 0 Å². The molecule has 0 aliphatic carbocycles. The van der Waals surface area contributed by atoms with Gasteiger partial charge in [0.05, 0.1) is 5.56 Å². The van der Waals surface area contributed by atoms with E-state index in [1.54, 1.807) is 0 Å². The van der Waals surface area contributed by atoms with Crippen LogP contribution in [0.3, 0.4) is 0 Å². The van der Waals surface area contributed by atoms with Crippen LogP contribution in [0.2, 0.25) is 0 Å². The fourth-order valence-electron chi connectivity index (χ4n) is 1.57. The van der Waals surface area contributed by atoms with Crippen LogP contribution in [-0.2, 0) is 6.18 Å². The summed E-state index contributed by atoms with van der Waals surface area (Å²) in [6, 6.07) is 4.15. The predicted molar refractivity (Wildman–Crippen MR) is 66.3 cm³/mol. The van der Waals surface area contributed by atoms with Crippen molar-refractivity contribution in [2.45, 2.75) is 18.6 Å². The highest BCUT2D eigenvalue weighted by molar-refractivity contribution is 5.85. The van der Waals surface area contributed by atoms with Crippen molar-refractivity contribution in [3.05, 3.63) is 35.4 Å². The highest BCUT2D eigenvalue weighted by atomic mass is 35.5. The zero-order chi connectivity index (χ0) is 13.8. The Bertz CT molecular complexity index is 427. The Balaban J connectivity index is 0.00000324. The van der Waals surface area contributed by atoms with Crippen LogP contribution in [0.25, 0.3) is 0 Å². The number of benzene rings is 1. The van der Waals surface area contributed by atoms with Crippen LogP contribution in [0.5, 0.6) is 0 Å². The van der Waals surface area contributed by atoms with E-state index >= 15 is 0 Å². The van der Waals surface area contributed by atoms with Crippen molar-refractivity contribution in [3.8, 4) is 0 Å². The SMILES string of the molecule is Cl.N[C@@H](CCNC(=O)O)c1ccccc1C(F)(F)F. The summed E-state index contributed by atoms with van der Waals surface area (Å²) < 4.78 is 38.1. The van der Waals surface area contributed by atoms with Gasteiger partial charge in [-0.05, 0) is 18.1 Å². The number of carbonyl (C=O) groups is 1. The summed E-state index contributed by atoms with van der Waals surface area (Å²) in [5.74, 6) is 0. The monoisotopic (exact) mass is 298 g/mol. The average Bonchev–Trinajstić information content (AvgIpc) is 2.27. The molecule has 8 heteroatoms. The molecular formula is C11H14ClF3N2O2. The Hall–Kier alpha value is -1.47. The molecule has 4 N–H and O–H groups in total. The van der Waals surface area contributed by atoms with Crippen molar-refractivity contribution in [3.63, 3.8) is 0 Å². The maximum Gasteiger partial charge on any atom is 0.416 e. The lowest BCUT2D eigenvalue weighted by Gasteiger charge is -2.18. The van der Waals surface area contributed by atoms with Crippen LogP contribution in [0.15, 0.2) is 24.3 Å². The maximum absolute atomic E-state index is 12.7. The summed E-state index contributed by atoms with van der Waals surface area (Å²) in [7, 11) is 0. The number of carboxylic acid groups (broad SMARTS) is 1. The Morgan fingerprint density at radius 3 is 2.47 bits per heavy atom. The lowest BCUT2D eigenvalue weighted by molar-refractivity contribution is -0.138. The third-order valence-corrected chi connectivity index (χ3v) is 2.40. The van der Waals surface area contributed by atoms with E-state index in [1.165, 1.54) is 18.2 Å². The van der Waals surface area contributed by atoms with Gasteiger partial charge in [-0.3, -0.25) is 0 Å². The molecular weight excluding hydrogens is 285 g/mol. The van der Waals surface area contributed by atoms with Gasteiger partial charge in [0.15, 0.2) is 0 Å². The number of hydrogen-bond acceptors (Lipinski definition) is 2. The standard InChI is InChI=1S/C11H13F3N2O2.ClH/c12-11(13,14)8-4-2-1-3-7(8)9(15)5-6-16-10(17)18;/h1-4,9,16H,5-6,15H2,(H,17,18);1H/t9-;/m0./s1. The van der Waals surface area contributed by atoms with Gasteiger partial charge in [0.1, 0.15) is 0 Å². The molecule has 1 aromatic rings. The fourth-order valence-corrected chi connectivity index (χ4v) is 1.57. The van der Waals surface area contributed by atoms with Gasteiger partial charge < -0.3 is 16.2 Å². The molecule has 1 aromatic carbocycles. The van der Waals surface area contributed by atoms with E-state index in [2.05, 4.69) is 5.32 Å². The first-order valence-corrected chi connectivity index (χ1v) is 5.21. The van der Waals surface area contributed by atoms with Crippen LogP contribution in [0.1, 0.15) is 23.6 Å². The number of rotatable bonds is 4. The molecule has 0 aliphatic heterocycles. The van der Waals surface area contributed by atoms with Gasteiger partial charge in [-0.1, -0.05) is 18.2 Å². The number of nitrogens with one attached hydrogen (secondary N) is 1. The largest absolute Gasteiger partial charge is 0.465 e. The molecule has 0 aliphatic rings. The fraction of sp³-hybridized carbons (Fsp3) is 0.364. The zero-order valence-corrected chi connectivity index (χ0v) is 10.6. The van der Waals surface area contributed by atoms with E-state index in [0.717, 1.165) is 6.07 Å². The summed E-state index contributed by atoms with van der Waals surface area (Å²) in [5, 5.41) is 10.4. The van der Waals surface area contributed by atoms with Crippen molar-refractivity contribution in [2.75, 3.05) is 6.54 Å². The number of amides is 1. The van der Waals surface area contributed by atoms with Crippen molar-refractivity contribution in [2.24, 2.45) is 5.73 Å². The van der Waals surface area contributed by atoms with E-state index in [0.29, 0.717) is 0 Å². The van der Waals surface area contributed by atoms with E-state index in [-0.39, 0.29) is 30.9 Å². The van der Waals surface area contributed by atoms with Crippen molar-refractivity contribution >= 4 is 18.5 Å². The lowest BCUT2D eigenvalue weighted by Crippen LogP contribution is -2.26. The third-order valence-electron chi connectivity index (χ3n) is 2.40. The van der Waals surface area contributed by atoms with E-state index in [9.17, 15) is 18.0 Å². The highest BCUT2D eigenvalue weighted by Gasteiger charge is 2.34. The van der Waals surface area contributed by atoms with Crippen LogP contribution < -0.4 is 11.1 Å². The smallest absolute Gasteiger partial charge is 0.416 e. The summed E-state index contributed by atoms with van der Waals surface area (Å²) in [6.07, 6.45) is -5.60. The molecule has 0 fully saturated rings. The van der Waals surface area contributed by atoms with Crippen LogP contribution in [-0.4, -0.2) is 17.7 Å². The molecule has 0 aromatic heterocycles. The first-order valence-electron chi connectivity index (χ1n) is 5.21. The van der Waals surface area contributed by atoms with Crippen LogP contribution in [0, 0.1) is 0 Å². The van der Waals surface area contributed by atoms with Crippen molar-refractivity contribution in [1.29, 1.82) is 0 Å². The zero-order valence-electron chi connectivity index (χ0n) is 9.78. The molecule has 0 unspecified atom stereocenters. The summed E-state index contributed by atoms with van der Waals surface area (Å²) in [6.45, 7) is 0.00267. The Labute approximate surface area is 114 Å². The molecule has 0 saturated carbocycles. The van der Waals surface area contributed by atoms with Gasteiger partial charge in [0.25, 0.3) is 0 Å². The number of alkyl halides is 3. The summed E-state index contributed by atoms with van der Waals surface area (Å²) in [5.41, 5.74) is 4.83. The second kappa shape index (κ2) is 7.20. The van der Waals surface area contributed by atoms with Gasteiger partial charge in [-0.25, -0.2) is 4.79 Å². The molecule has 1 rings (SSSR count). The van der Waals surface area contributed by atoms with E-state index in [1.807, 2.05) is 0 Å². The summed E-state index contributed by atoms with van der Waals surface area (Å²) >= 11 is 0. The molecule has 0 saturated heterocycles. The first-order chi connectivity index (χ1) is 8.32. The normalized spacial score (nSPS) is 12.4. The predicted octanol–water partition coefficient (Wildman–Crippen LogP) is 2.78. The highest BCUT2D eigenvalue weighted by Crippen LogP contribution is 2.34. The van der Waals surface area contributed by atoms with E-state index < -0.39 is 23.9 Å². The molecule has 108 valence electrons. The Morgan fingerprint density at radius 1 is 1.37 bits per heavy atom. The van der Waals surface area contributed by atoms with Crippen LogP contribution in [0.4, 0.5) is 18.0 Å². The quantitative estimate of drug-likeness (QED) is 0.800. The Kier molecular flexibility index (Phi) is 6.64. The molecule has 1 atom stereocenters. The molecule has 0 bridgehead atoms. The molecule has 0 spiro atoms. The van der Waals surface area contributed by atoms with Gasteiger partial charge in [-0.15, -0.1) is 12.4 Å². The molecule has 1 amide bonds. The molecule has 0 heterocycles. The first kappa shape index (κ1) is 17.5. The third kappa shape index (κ3) is 5.35.